The smallest absolute Gasteiger partial charge is 0.322 e. The topological polar surface area (TPSA) is 68.0 Å². The second-order valence-electron chi connectivity index (χ2n) is 6.88. The highest BCUT2D eigenvalue weighted by Gasteiger charge is 2.16. The maximum absolute atomic E-state index is 12.4. The van der Waals surface area contributed by atoms with Crippen LogP contribution in [0.2, 0.25) is 0 Å². The lowest BCUT2D eigenvalue weighted by Gasteiger charge is -2.15. The Balaban J connectivity index is 1.54. The first-order valence-corrected chi connectivity index (χ1v) is 8.94. The fourth-order valence-corrected chi connectivity index (χ4v) is 3.49. The highest BCUT2D eigenvalue weighted by Crippen LogP contribution is 2.27. The summed E-state index contributed by atoms with van der Waals surface area (Å²) in [6.07, 6.45) is 4.70. The average molecular weight is 347 g/mol. The van der Waals surface area contributed by atoms with E-state index in [4.69, 9.17) is 4.42 Å². The van der Waals surface area contributed by atoms with Crippen LogP contribution in [-0.4, -0.2) is 16.1 Å². The first-order valence-electron chi connectivity index (χ1n) is 8.94. The van der Waals surface area contributed by atoms with Crippen molar-refractivity contribution in [2.75, 3.05) is 5.32 Å². The number of aryl methyl sites for hydroxylation is 4. The van der Waals surface area contributed by atoms with Crippen molar-refractivity contribution < 1.29 is 9.21 Å². The fourth-order valence-electron chi connectivity index (χ4n) is 3.49. The maximum Gasteiger partial charge on any atom is 0.322 e. The van der Waals surface area contributed by atoms with Gasteiger partial charge in [-0.2, -0.15) is 0 Å². The van der Waals surface area contributed by atoms with Crippen LogP contribution >= 0.6 is 0 Å². The van der Waals surface area contributed by atoms with Crippen molar-refractivity contribution in [3.63, 3.8) is 0 Å². The van der Waals surface area contributed by atoms with E-state index < -0.39 is 0 Å². The van der Waals surface area contributed by atoms with E-state index in [-0.39, 0.29) is 11.9 Å². The second kappa shape index (κ2) is 6.75. The number of nitrogens with one attached hydrogen (secondary N) is 1. The molecule has 1 N–H and O–H groups in total. The van der Waals surface area contributed by atoms with Crippen molar-refractivity contribution in [1.82, 2.24) is 10.2 Å². The van der Waals surface area contributed by atoms with Gasteiger partial charge >= 0.3 is 6.01 Å². The summed E-state index contributed by atoms with van der Waals surface area (Å²) in [5.74, 6) is 0.178. The lowest BCUT2D eigenvalue weighted by molar-refractivity contribution is 0.102. The van der Waals surface area contributed by atoms with Crippen LogP contribution in [0.15, 0.2) is 40.8 Å². The zero-order chi connectivity index (χ0) is 18.1. The molecule has 0 atom stereocenters. The average Bonchev–Trinajstić information content (AvgIpc) is 3.09. The van der Waals surface area contributed by atoms with Gasteiger partial charge < -0.3 is 4.42 Å². The third kappa shape index (κ3) is 3.25. The monoisotopic (exact) mass is 347 g/mol. The molecule has 5 nitrogen and oxygen atoms in total. The number of amides is 1. The number of fused-ring (bicyclic) bond motifs is 1. The minimum absolute atomic E-state index is 0.114. The zero-order valence-electron chi connectivity index (χ0n) is 15.0. The Labute approximate surface area is 152 Å². The van der Waals surface area contributed by atoms with Gasteiger partial charge in [0.05, 0.1) is 0 Å². The van der Waals surface area contributed by atoms with Crippen LogP contribution in [0.3, 0.4) is 0 Å². The molecule has 26 heavy (non-hydrogen) atoms. The lowest BCUT2D eigenvalue weighted by Crippen LogP contribution is -2.13. The highest BCUT2D eigenvalue weighted by molar-refractivity contribution is 6.04. The number of carbonyl (C=O) groups excluding carboxylic acids is 1. The Hall–Kier alpha value is -2.95. The van der Waals surface area contributed by atoms with Crippen molar-refractivity contribution in [3.05, 3.63) is 64.2 Å². The summed E-state index contributed by atoms with van der Waals surface area (Å²) in [4.78, 5) is 12.4. The number of rotatable bonds is 3. The number of benzene rings is 2. The van der Waals surface area contributed by atoms with Gasteiger partial charge in [-0.25, -0.2) is 0 Å². The Bertz CT molecular complexity index is 975. The Kier molecular flexibility index (Phi) is 4.29. The normalized spacial score (nSPS) is 13.3. The van der Waals surface area contributed by atoms with Gasteiger partial charge in [-0.1, -0.05) is 28.9 Å². The third-order valence-electron chi connectivity index (χ3n) is 4.87. The van der Waals surface area contributed by atoms with Gasteiger partial charge in [-0.3, -0.25) is 10.1 Å². The fraction of sp³-hybridized carbons (Fsp3) is 0.286. The number of aromatic nitrogens is 2. The van der Waals surface area contributed by atoms with Crippen LogP contribution in [0.4, 0.5) is 6.01 Å². The SMILES string of the molecule is Cc1ccc(C(=O)Nc2nnc(-c3ccc4c(c3)CCCC4)o2)c(C)c1. The molecule has 1 heterocycles. The largest absolute Gasteiger partial charge is 0.403 e. The molecule has 0 saturated heterocycles. The summed E-state index contributed by atoms with van der Waals surface area (Å²) >= 11 is 0. The molecular weight excluding hydrogens is 326 g/mol. The van der Waals surface area contributed by atoms with E-state index in [2.05, 4.69) is 27.6 Å². The van der Waals surface area contributed by atoms with E-state index in [1.807, 2.05) is 32.0 Å². The number of hydrogen-bond donors (Lipinski definition) is 1. The van der Waals surface area contributed by atoms with Crippen LogP contribution in [0.25, 0.3) is 11.5 Å². The van der Waals surface area contributed by atoms with Gasteiger partial charge in [0.15, 0.2) is 0 Å². The Morgan fingerprint density at radius 2 is 1.81 bits per heavy atom. The minimum Gasteiger partial charge on any atom is -0.403 e. The maximum atomic E-state index is 12.4. The molecule has 0 aliphatic heterocycles. The summed E-state index contributed by atoms with van der Waals surface area (Å²) in [5.41, 5.74) is 6.29. The van der Waals surface area contributed by atoms with Crippen LogP contribution in [0.1, 0.15) is 45.5 Å². The molecule has 1 aliphatic rings. The molecule has 0 saturated carbocycles. The summed E-state index contributed by atoms with van der Waals surface area (Å²) in [7, 11) is 0. The summed E-state index contributed by atoms with van der Waals surface area (Å²) in [6, 6.07) is 12.1. The van der Waals surface area contributed by atoms with Crippen LogP contribution in [0, 0.1) is 13.8 Å². The van der Waals surface area contributed by atoms with Crippen molar-refractivity contribution in [2.45, 2.75) is 39.5 Å². The highest BCUT2D eigenvalue weighted by atomic mass is 16.4. The molecule has 5 heteroatoms. The summed E-state index contributed by atoms with van der Waals surface area (Å²) < 4.78 is 5.66. The zero-order valence-corrected chi connectivity index (χ0v) is 15.0. The van der Waals surface area contributed by atoms with E-state index in [1.54, 1.807) is 6.07 Å². The molecule has 0 bridgehead atoms. The van der Waals surface area contributed by atoms with Gasteiger partial charge in [-0.15, -0.1) is 5.10 Å². The molecule has 1 amide bonds. The molecule has 132 valence electrons. The van der Waals surface area contributed by atoms with E-state index in [1.165, 1.54) is 24.0 Å². The molecule has 0 unspecified atom stereocenters. The van der Waals surface area contributed by atoms with Crippen molar-refractivity contribution in [3.8, 4) is 11.5 Å². The Morgan fingerprint density at radius 1 is 1.00 bits per heavy atom. The second-order valence-corrected chi connectivity index (χ2v) is 6.88. The molecular formula is C21H21N3O2. The van der Waals surface area contributed by atoms with Crippen molar-refractivity contribution >= 4 is 11.9 Å². The Morgan fingerprint density at radius 3 is 2.62 bits per heavy atom. The minimum atomic E-state index is -0.247. The molecule has 0 radical (unpaired) electrons. The van der Waals surface area contributed by atoms with Gasteiger partial charge in [0.2, 0.25) is 5.89 Å². The predicted octanol–water partition coefficient (Wildman–Crippen LogP) is 4.48. The predicted molar refractivity (Wildman–Crippen MR) is 100 cm³/mol. The van der Waals surface area contributed by atoms with E-state index in [9.17, 15) is 4.79 Å². The molecule has 3 aromatic rings. The van der Waals surface area contributed by atoms with Gasteiger partial charge in [0, 0.05) is 11.1 Å². The van der Waals surface area contributed by atoms with E-state index in [0.717, 1.165) is 29.5 Å². The number of hydrogen-bond acceptors (Lipinski definition) is 4. The molecule has 0 fully saturated rings. The molecule has 4 rings (SSSR count). The molecule has 0 spiro atoms. The summed E-state index contributed by atoms with van der Waals surface area (Å²) in [6.45, 7) is 3.91. The van der Waals surface area contributed by atoms with Crippen molar-refractivity contribution in [2.24, 2.45) is 0 Å². The van der Waals surface area contributed by atoms with Gasteiger partial charge in [0.1, 0.15) is 0 Å². The van der Waals surface area contributed by atoms with Crippen LogP contribution < -0.4 is 5.32 Å². The van der Waals surface area contributed by atoms with E-state index >= 15 is 0 Å². The van der Waals surface area contributed by atoms with Gasteiger partial charge in [-0.05, 0) is 74.4 Å². The van der Waals surface area contributed by atoms with E-state index in [0.29, 0.717) is 11.5 Å². The molecule has 1 aliphatic carbocycles. The molecule has 1 aromatic heterocycles. The third-order valence-corrected chi connectivity index (χ3v) is 4.87. The lowest BCUT2D eigenvalue weighted by atomic mass is 9.90. The summed E-state index contributed by atoms with van der Waals surface area (Å²) in [5, 5.41) is 10.7. The number of carbonyl (C=O) groups is 1. The van der Waals surface area contributed by atoms with Crippen molar-refractivity contribution in [1.29, 1.82) is 0 Å². The number of nitrogens with zero attached hydrogens (tertiary/aromatic N) is 2. The van der Waals surface area contributed by atoms with Crippen LogP contribution in [0.5, 0.6) is 0 Å². The number of anilines is 1. The standard InChI is InChI=1S/C21H21N3O2/c1-13-7-10-18(14(2)11-13)19(25)22-21-24-23-20(26-21)17-9-8-15-5-3-4-6-16(15)12-17/h7-12H,3-6H2,1-2H3,(H,22,24,25). The van der Waals surface area contributed by atoms with Crippen LogP contribution in [-0.2, 0) is 12.8 Å². The quantitative estimate of drug-likeness (QED) is 0.758. The molecule has 2 aromatic carbocycles. The first-order chi connectivity index (χ1) is 12.6. The van der Waals surface area contributed by atoms with Gasteiger partial charge in [0.25, 0.3) is 5.91 Å². The first kappa shape index (κ1) is 16.5.